The molecule has 5 N–H and O–H groups in total. The summed E-state index contributed by atoms with van der Waals surface area (Å²) in [4.78, 5) is 66.3. The molecule has 0 aliphatic heterocycles. The number of nitrogens with zero attached hydrogens (tertiary/aromatic N) is 1. The van der Waals surface area contributed by atoms with Crippen LogP contribution in [0, 0.1) is 5.92 Å². The van der Waals surface area contributed by atoms with Crippen molar-refractivity contribution in [1.29, 1.82) is 0 Å². The lowest BCUT2D eigenvalue weighted by Crippen LogP contribution is -2.52. The number of nitrogens with one attached hydrogen (secondary N) is 3. The zero-order valence-corrected chi connectivity index (χ0v) is 28.8. The maximum absolute atomic E-state index is 13.4. The molecule has 0 radical (unpaired) electrons. The molecule has 0 saturated heterocycles. The number of aliphatic carboxylic acids is 1. The summed E-state index contributed by atoms with van der Waals surface area (Å²) in [6, 6.07) is 26.8. The molecule has 1 heterocycles. The lowest BCUT2D eigenvalue weighted by molar-refractivity contribution is -0.155. The SMILES string of the molecule is CC(C)[C@H](NP(=O)(O)OC(NC(=O)OCc1ccccc1)C(=O)OCc1ccccc1)C(=O)N[C@@H](Cc1ccc(-c2ccccn2)cc1)C(=O)O. The predicted molar refractivity (Wildman–Crippen MR) is 185 cm³/mol. The first-order valence-corrected chi connectivity index (χ1v) is 17.5. The molecule has 0 aliphatic rings. The van der Waals surface area contributed by atoms with Gasteiger partial charge in [0, 0.05) is 18.2 Å². The molecular formula is C36H39N4O10P. The van der Waals surface area contributed by atoms with Crippen LogP contribution in [0.4, 0.5) is 4.79 Å². The summed E-state index contributed by atoms with van der Waals surface area (Å²) in [5.41, 5.74) is 3.39. The van der Waals surface area contributed by atoms with Gasteiger partial charge in [0.25, 0.3) is 0 Å². The van der Waals surface area contributed by atoms with E-state index < -0.39 is 55.9 Å². The van der Waals surface area contributed by atoms with E-state index >= 15 is 0 Å². The summed E-state index contributed by atoms with van der Waals surface area (Å²) in [6.07, 6.45) is -1.73. The normalized spacial score (nSPS) is 14.0. The van der Waals surface area contributed by atoms with Crippen molar-refractivity contribution >= 4 is 31.7 Å². The second-order valence-electron chi connectivity index (χ2n) is 11.7. The highest BCUT2D eigenvalue weighted by Crippen LogP contribution is 2.40. The van der Waals surface area contributed by atoms with Crippen LogP contribution < -0.4 is 15.7 Å². The first-order valence-electron chi connectivity index (χ1n) is 15.9. The fraction of sp³-hybridized carbons (Fsp3) is 0.250. The molecule has 4 atom stereocenters. The highest BCUT2D eigenvalue weighted by molar-refractivity contribution is 7.50. The van der Waals surface area contributed by atoms with Crippen LogP contribution in [0.25, 0.3) is 11.3 Å². The Bertz CT molecular complexity index is 1800. The van der Waals surface area contributed by atoms with Crippen molar-refractivity contribution in [2.75, 3.05) is 0 Å². The van der Waals surface area contributed by atoms with E-state index in [1.807, 2.05) is 12.1 Å². The van der Waals surface area contributed by atoms with Gasteiger partial charge < -0.3 is 24.8 Å². The lowest BCUT2D eigenvalue weighted by atomic mass is 10.0. The molecule has 2 unspecified atom stereocenters. The van der Waals surface area contributed by atoms with Gasteiger partial charge in [0.1, 0.15) is 19.3 Å². The van der Waals surface area contributed by atoms with Crippen LogP contribution >= 0.6 is 7.75 Å². The van der Waals surface area contributed by atoms with Crippen molar-refractivity contribution in [2.24, 2.45) is 5.92 Å². The number of benzene rings is 3. The first kappa shape index (κ1) is 38.4. The Balaban J connectivity index is 1.43. The number of alkyl carbamates (subject to hydrolysis) is 1. The number of amides is 2. The molecule has 3 aromatic carbocycles. The number of carboxylic acid groups (broad SMARTS) is 1. The minimum atomic E-state index is -5.10. The lowest BCUT2D eigenvalue weighted by Gasteiger charge is -2.27. The molecule has 1 aromatic heterocycles. The van der Waals surface area contributed by atoms with Crippen LogP contribution in [0.15, 0.2) is 109 Å². The molecule has 268 valence electrons. The van der Waals surface area contributed by atoms with Gasteiger partial charge in [-0.15, -0.1) is 0 Å². The summed E-state index contributed by atoms with van der Waals surface area (Å²) in [6.45, 7) is 2.67. The average Bonchev–Trinajstić information content (AvgIpc) is 3.12. The predicted octanol–water partition coefficient (Wildman–Crippen LogP) is 4.59. The van der Waals surface area contributed by atoms with Gasteiger partial charge in [0.15, 0.2) is 0 Å². The van der Waals surface area contributed by atoms with E-state index in [0.717, 1.165) is 11.3 Å². The van der Waals surface area contributed by atoms with Gasteiger partial charge >= 0.3 is 25.8 Å². The third-order valence-corrected chi connectivity index (χ3v) is 8.47. The van der Waals surface area contributed by atoms with E-state index in [-0.39, 0.29) is 19.6 Å². The molecule has 15 heteroatoms. The minimum absolute atomic E-state index is 0.0913. The van der Waals surface area contributed by atoms with Crippen LogP contribution in [0.2, 0.25) is 0 Å². The van der Waals surface area contributed by atoms with Gasteiger partial charge in [-0.2, -0.15) is 0 Å². The van der Waals surface area contributed by atoms with Crippen molar-refractivity contribution in [3.63, 3.8) is 0 Å². The fourth-order valence-corrected chi connectivity index (χ4v) is 5.96. The van der Waals surface area contributed by atoms with E-state index in [0.29, 0.717) is 16.7 Å². The van der Waals surface area contributed by atoms with Gasteiger partial charge in [0.05, 0.1) is 11.7 Å². The largest absolute Gasteiger partial charge is 0.480 e. The third kappa shape index (κ3) is 12.5. The number of carbonyl (C=O) groups excluding carboxylic acids is 3. The monoisotopic (exact) mass is 718 g/mol. The van der Waals surface area contributed by atoms with Crippen LogP contribution in [-0.4, -0.2) is 57.2 Å². The van der Waals surface area contributed by atoms with Crippen LogP contribution in [-0.2, 0) is 52.6 Å². The minimum Gasteiger partial charge on any atom is -0.480 e. The Morgan fingerprint density at radius 3 is 1.90 bits per heavy atom. The molecule has 0 fully saturated rings. The van der Waals surface area contributed by atoms with Gasteiger partial charge in [0.2, 0.25) is 12.1 Å². The first-order chi connectivity index (χ1) is 24.4. The van der Waals surface area contributed by atoms with Crippen molar-refractivity contribution in [1.82, 2.24) is 20.7 Å². The van der Waals surface area contributed by atoms with Crippen molar-refractivity contribution in [2.45, 2.75) is 51.8 Å². The molecule has 51 heavy (non-hydrogen) atoms. The fourth-order valence-electron chi connectivity index (χ4n) is 4.71. The van der Waals surface area contributed by atoms with Crippen molar-refractivity contribution in [3.8, 4) is 11.3 Å². The van der Waals surface area contributed by atoms with E-state index in [1.54, 1.807) is 111 Å². The molecule has 0 aliphatic carbocycles. The van der Waals surface area contributed by atoms with Crippen LogP contribution in [0.3, 0.4) is 0 Å². The Kier molecular flexibility index (Phi) is 14.0. The summed E-state index contributed by atoms with van der Waals surface area (Å²) in [7, 11) is -5.10. The van der Waals surface area contributed by atoms with Crippen molar-refractivity contribution < 1.29 is 47.7 Å². The highest BCUT2D eigenvalue weighted by atomic mass is 31.2. The van der Waals surface area contributed by atoms with Gasteiger partial charge in [-0.05, 0) is 34.7 Å². The molecule has 0 bridgehead atoms. The number of hydrogen-bond acceptors (Lipinski definition) is 9. The number of ether oxygens (including phenoxy) is 2. The van der Waals surface area contributed by atoms with Crippen molar-refractivity contribution in [3.05, 3.63) is 126 Å². The van der Waals surface area contributed by atoms with Gasteiger partial charge in [-0.25, -0.2) is 24.0 Å². The second kappa shape index (κ2) is 18.6. The Morgan fingerprint density at radius 1 is 0.765 bits per heavy atom. The molecular weight excluding hydrogens is 679 g/mol. The highest BCUT2D eigenvalue weighted by Gasteiger charge is 2.38. The van der Waals surface area contributed by atoms with Crippen LogP contribution in [0.1, 0.15) is 30.5 Å². The Hall–Kier alpha value is -5.40. The number of carboxylic acids is 1. The second-order valence-corrected chi connectivity index (χ2v) is 13.2. The van der Waals surface area contributed by atoms with E-state index in [4.69, 9.17) is 14.0 Å². The molecule has 4 rings (SSSR count). The maximum atomic E-state index is 13.4. The van der Waals surface area contributed by atoms with E-state index in [2.05, 4.69) is 20.7 Å². The quantitative estimate of drug-likeness (QED) is 0.0578. The number of carbonyl (C=O) groups is 4. The Morgan fingerprint density at radius 2 is 1.35 bits per heavy atom. The third-order valence-electron chi connectivity index (χ3n) is 7.37. The maximum Gasteiger partial charge on any atom is 0.409 e. The van der Waals surface area contributed by atoms with E-state index in [9.17, 15) is 33.7 Å². The average molecular weight is 719 g/mol. The number of hydrogen-bond donors (Lipinski definition) is 5. The number of esters is 1. The zero-order valence-electron chi connectivity index (χ0n) is 27.9. The number of pyridine rings is 1. The van der Waals surface area contributed by atoms with Gasteiger partial charge in [-0.3, -0.25) is 19.6 Å². The summed E-state index contributed by atoms with van der Waals surface area (Å²) >= 11 is 0. The summed E-state index contributed by atoms with van der Waals surface area (Å²) in [5.74, 6) is -4.15. The Labute approximate surface area is 294 Å². The molecule has 0 saturated carbocycles. The molecule has 14 nitrogen and oxygen atoms in total. The smallest absolute Gasteiger partial charge is 0.409 e. The van der Waals surface area contributed by atoms with E-state index in [1.165, 1.54) is 0 Å². The zero-order chi connectivity index (χ0) is 36.8. The molecule has 0 spiro atoms. The number of rotatable bonds is 17. The summed E-state index contributed by atoms with van der Waals surface area (Å²) in [5, 5.41) is 16.6. The topological polar surface area (TPSA) is 202 Å². The van der Waals surface area contributed by atoms with Crippen LogP contribution in [0.5, 0.6) is 0 Å². The summed E-state index contributed by atoms with van der Waals surface area (Å²) < 4.78 is 28.9. The molecule has 4 aromatic rings. The van der Waals surface area contributed by atoms with Gasteiger partial charge in [-0.1, -0.05) is 105 Å². The number of aromatic nitrogens is 1. The standard InChI is InChI=1S/C36H39N4O10P/c1-24(2)31(32(41)38-30(34(42)43)21-25-16-18-28(19-17-25)29-15-9-10-20-37-29)40-51(46,47)50-33(35(44)48-22-26-11-5-3-6-12-26)39-36(45)49-23-27-13-7-4-8-14-27/h3-20,24,30-31,33H,21-23H2,1-2H3,(H,38,41)(H,39,45)(H,42,43)(H2,40,46,47)/t30-,31-,33?/m0/s1. The molecule has 2 amide bonds.